The van der Waals surface area contributed by atoms with Crippen molar-refractivity contribution in [3.63, 3.8) is 0 Å². The van der Waals surface area contributed by atoms with Gasteiger partial charge in [-0.15, -0.1) is 11.6 Å². The smallest absolute Gasteiger partial charge is 0.119 e. The van der Waals surface area contributed by atoms with Gasteiger partial charge in [-0.2, -0.15) is 0 Å². The van der Waals surface area contributed by atoms with Crippen LogP contribution in [0, 0.1) is 0 Å². The number of hydrogen-bond acceptors (Lipinski definition) is 2. The minimum Gasteiger partial charge on any atom is -0.497 e. The van der Waals surface area contributed by atoms with E-state index in [1.807, 2.05) is 6.07 Å². The number of methoxy groups -OCH3 is 1. The summed E-state index contributed by atoms with van der Waals surface area (Å²) >= 11 is 6.32. The Kier molecular flexibility index (Phi) is 2.80. The summed E-state index contributed by atoms with van der Waals surface area (Å²) in [6.07, 6.45) is 4.03. The molecule has 2 unspecified atom stereocenters. The van der Waals surface area contributed by atoms with Crippen molar-refractivity contribution in [2.24, 2.45) is 0 Å². The molecule has 1 aromatic rings. The average Bonchev–Trinajstić information content (AvgIpc) is 2.68. The van der Waals surface area contributed by atoms with Gasteiger partial charge in [0.25, 0.3) is 0 Å². The first kappa shape index (κ1) is 11.4. The van der Waals surface area contributed by atoms with Crippen LogP contribution in [0.5, 0.6) is 5.75 Å². The number of halogens is 1. The van der Waals surface area contributed by atoms with E-state index < -0.39 is 0 Å². The molecule has 0 amide bonds. The fraction of sp³-hybridized carbons (Fsp3) is 0.571. The van der Waals surface area contributed by atoms with E-state index in [1.54, 1.807) is 7.11 Å². The highest BCUT2D eigenvalue weighted by Crippen LogP contribution is 2.47. The molecular formula is C14H17ClO2. The Bertz CT molecular complexity index is 428. The summed E-state index contributed by atoms with van der Waals surface area (Å²) in [5.41, 5.74) is 2.54. The van der Waals surface area contributed by atoms with Crippen molar-refractivity contribution in [3.8, 4) is 5.75 Å². The zero-order valence-electron chi connectivity index (χ0n) is 10.0. The van der Waals surface area contributed by atoms with Gasteiger partial charge in [-0.3, -0.25) is 0 Å². The van der Waals surface area contributed by atoms with Gasteiger partial charge in [0.1, 0.15) is 5.75 Å². The van der Waals surface area contributed by atoms with Gasteiger partial charge in [0.15, 0.2) is 0 Å². The molecule has 0 aromatic heterocycles. The molecule has 1 aliphatic heterocycles. The largest absolute Gasteiger partial charge is 0.497 e. The normalized spacial score (nSPS) is 31.5. The fourth-order valence-corrected chi connectivity index (χ4v) is 3.40. The number of ether oxygens (including phenoxy) is 2. The van der Waals surface area contributed by atoms with Gasteiger partial charge in [-0.05, 0) is 48.9 Å². The molecule has 2 atom stereocenters. The van der Waals surface area contributed by atoms with E-state index in [0.717, 1.165) is 38.0 Å². The standard InChI is InChI=1S/C14H17ClO2/c1-16-12-3-2-10-4-6-14(13(10)8-12)9-11(15)5-7-17-14/h2-3,8,11H,4-7,9H2,1H3. The minimum absolute atomic E-state index is 0.144. The minimum atomic E-state index is -0.144. The second kappa shape index (κ2) is 4.18. The van der Waals surface area contributed by atoms with Gasteiger partial charge >= 0.3 is 0 Å². The Balaban J connectivity index is 2.01. The van der Waals surface area contributed by atoms with Crippen LogP contribution >= 0.6 is 11.6 Å². The molecule has 2 aliphatic rings. The molecule has 1 spiro atoms. The van der Waals surface area contributed by atoms with Gasteiger partial charge in [-0.1, -0.05) is 6.07 Å². The molecule has 0 bridgehead atoms. The van der Waals surface area contributed by atoms with Crippen LogP contribution in [0.2, 0.25) is 0 Å². The van der Waals surface area contributed by atoms with Gasteiger partial charge in [0.05, 0.1) is 12.7 Å². The fourth-order valence-electron chi connectivity index (χ4n) is 3.06. The van der Waals surface area contributed by atoms with E-state index >= 15 is 0 Å². The van der Waals surface area contributed by atoms with Crippen LogP contribution < -0.4 is 4.74 Å². The lowest BCUT2D eigenvalue weighted by molar-refractivity contribution is -0.0806. The maximum atomic E-state index is 6.32. The molecule has 3 heteroatoms. The van der Waals surface area contributed by atoms with E-state index in [9.17, 15) is 0 Å². The highest BCUT2D eigenvalue weighted by Gasteiger charge is 2.43. The SMILES string of the molecule is COc1ccc2c(c1)C1(CC2)CC(Cl)CCO1. The molecule has 0 N–H and O–H groups in total. The first-order valence-electron chi connectivity index (χ1n) is 6.19. The monoisotopic (exact) mass is 252 g/mol. The summed E-state index contributed by atoms with van der Waals surface area (Å²) in [4.78, 5) is 0. The molecule has 1 fully saturated rings. The molecule has 3 rings (SSSR count). The molecular weight excluding hydrogens is 236 g/mol. The highest BCUT2D eigenvalue weighted by molar-refractivity contribution is 6.20. The van der Waals surface area contributed by atoms with Crippen molar-refractivity contribution in [2.45, 2.75) is 36.7 Å². The third kappa shape index (κ3) is 1.84. The number of hydrogen-bond donors (Lipinski definition) is 0. The van der Waals surface area contributed by atoms with Crippen molar-refractivity contribution < 1.29 is 9.47 Å². The van der Waals surface area contributed by atoms with Crippen molar-refractivity contribution in [2.75, 3.05) is 13.7 Å². The third-order valence-electron chi connectivity index (χ3n) is 3.97. The molecule has 92 valence electrons. The summed E-state index contributed by atoms with van der Waals surface area (Å²) in [6.45, 7) is 0.769. The zero-order chi connectivity index (χ0) is 11.9. The third-order valence-corrected chi connectivity index (χ3v) is 4.34. The number of aryl methyl sites for hydroxylation is 1. The summed E-state index contributed by atoms with van der Waals surface area (Å²) < 4.78 is 11.4. The number of rotatable bonds is 1. The van der Waals surface area contributed by atoms with Gasteiger partial charge < -0.3 is 9.47 Å². The van der Waals surface area contributed by atoms with Crippen LogP contribution in [0.3, 0.4) is 0 Å². The first-order chi connectivity index (χ1) is 8.23. The molecule has 1 saturated heterocycles. The van der Waals surface area contributed by atoms with Crippen LogP contribution in [0.25, 0.3) is 0 Å². The van der Waals surface area contributed by atoms with Crippen molar-refractivity contribution in [3.05, 3.63) is 29.3 Å². The average molecular weight is 253 g/mol. The zero-order valence-corrected chi connectivity index (χ0v) is 10.8. The van der Waals surface area contributed by atoms with Crippen LogP contribution in [0.1, 0.15) is 30.4 Å². The quantitative estimate of drug-likeness (QED) is 0.715. The second-order valence-corrected chi connectivity index (χ2v) is 5.57. The maximum absolute atomic E-state index is 6.32. The Morgan fingerprint density at radius 1 is 1.47 bits per heavy atom. The summed E-state index contributed by atoms with van der Waals surface area (Å²) in [5.74, 6) is 0.908. The van der Waals surface area contributed by atoms with E-state index in [4.69, 9.17) is 21.1 Å². The molecule has 1 aliphatic carbocycles. The Labute approximate surface area is 107 Å². The molecule has 0 radical (unpaired) electrons. The summed E-state index contributed by atoms with van der Waals surface area (Å²) in [6, 6.07) is 6.31. The lowest BCUT2D eigenvalue weighted by Gasteiger charge is -2.37. The first-order valence-corrected chi connectivity index (χ1v) is 6.63. The molecule has 1 heterocycles. The van der Waals surface area contributed by atoms with Crippen molar-refractivity contribution >= 4 is 11.6 Å². The lowest BCUT2D eigenvalue weighted by Crippen LogP contribution is -2.36. The molecule has 2 nitrogen and oxygen atoms in total. The Morgan fingerprint density at radius 3 is 3.12 bits per heavy atom. The van der Waals surface area contributed by atoms with Gasteiger partial charge in [-0.25, -0.2) is 0 Å². The van der Waals surface area contributed by atoms with Crippen LogP contribution in [0.4, 0.5) is 0 Å². The van der Waals surface area contributed by atoms with E-state index in [-0.39, 0.29) is 11.0 Å². The van der Waals surface area contributed by atoms with E-state index in [2.05, 4.69) is 12.1 Å². The van der Waals surface area contributed by atoms with Crippen LogP contribution in [-0.4, -0.2) is 19.1 Å². The number of fused-ring (bicyclic) bond motifs is 2. The predicted molar refractivity (Wildman–Crippen MR) is 67.8 cm³/mol. The highest BCUT2D eigenvalue weighted by atomic mass is 35.5. The van der Waals surface area contributed by atoms with Crippen molar-refractivity contribution in [1.29, 1.82) is 0 Å². The van der Waals surface area contributed by atoms with E-state index in [0.29, 0.717) is 0 Å². The lowest BCUT2D eigenvalue weighted by atomic mass is 9.87. The van der Waals surface area contributed by atoms with Crippen LogP contribution in [0.15, 0.2) is 18.2 Å². The predicted octanol–water partition coefficient (Wildman–Crippen LogP) is 3.25. The maximum Gasteiger partial charge on any atom is 0.119 e. The van der Waals surface area contributed by atoms with E-state index in [1.165, 1.54) is 11.1 Å². The van der Waals surface area contributed by atoms with Gasteiger partial charge in [0.2, 0.25) is 0 Å². The summed E-state index contributed by atoms with van der Waals surface area (Å²) in [7, 11) is 1.70. The summed E-state index contributed by atoms with van der Waals surface area (Å²) in [5, 5.41) is 0.237. The van der Waals surface area contributed by atoms with Crippen LogP contribution in [-0.2, 0) is 16.8 Å². The Morgan fingerprint density at radius 2 is 2.35 bits per heavy atom. The van der Waals surface area contributed by atoms with Crippen molar-refractivity contribution in [1.82, 2.24) is 0 Å². The Hall–Kier alpha value is -0.730. The second-order valence-electron chi connectivity index (χ2n) is 4.96. The molecule has 17 heavy (non-hydrogen) atoms. The number of alkyl halides is 1. The molecule has 1 aromatic carbocycles. The topological polar surface area (TPSA) is 18.5 Å². The van der Waals surface area contributed by atoms with Gasteiger partial charge in [0, 0.05) is 12.0 Å². The number of benzene rings is 1. The molecule has 0 saturated carbocycles.